The summed E-state index contributed by atoms with van der Waals surface area (Å²) < 4.78 is 43.7. The van der Waals surface area contributed by atoms with Crippen LogP contribution in [0.2, 0.25) is 0 Å². The summed E-state index contributed by atoms with van der Waals surface area (Å²) in [7, 11) is -3.88. The number of anilines is 2. The second kappa shape index (κ2) is 11.9. The number of imide groups is 1. The molecule has 7 atom stereocenters. The average Bonchev–Trinajstić information content (AvgIpc) is 3.79. The van der Waals surface area contributed by atoms with Crippen molar-refractivity contribution in [2.45, 2.75) is 27.5 Å². The van der Waals surface area contributed by atoms with E-state index in [1.165, 1.54) is 53.4 Å². The number of aromatic nitrogens is 1. The van der Waals surface area contributed by atoms with Gasteiger partial charge in [0.1, 0.15) is 11.6 Å². The molecule has 8 rings (SSSR count). The second-order valence-corrected chi connectivity index (χ2v) is 17.2. The number of nitrogens with one attached hydrogen (secondary N) is 2. The Hall–Kier alpha value is -3.83. The number of carbonyl (C=O) groups excluding carboxylic acids is 3. The van der Waals surface area contributed by atoms with Crippen LogP contribution in [-0.4, -0.2) is 43.0 Å². The molecule has 4 aliphatic rings. The van der Waals surface area contributed by atoms with Gasteiger partial charge in [-0.05, 0) is 90.9 Å². The maximum Gasteiger partial charge on any atom is 0.305 e. The fraction of sp³-hybridized carbons (Fsp3) is 0.273. The highest BCUT2D eigenvalue weighted by molar-refractivity contribution is 9.10. The minimum Gasteiger partial charge on any atom is -0.483 e. The van der Waals surface area contributed by atoms with Gasteiger partial charge in [-0.25, -0.2) is 17.9 Å². The minimum absolute atomic E-state index is 0.0747. The highest BCUT2D eigenvalue weighted by Crippen LogP contribution is 2.69. The smallest absolute Gasteiger partial charge is 0.305 e. The number of thioether (sulfide) groups is 1. The van der Waals surface area contributed by atoms with E-state index in [1.54, 1.807) is 23.9 Å². The number of benzene rings is 3. The van der Waals surface area contributed by atoms with Crippen molar-refractivity contribution in [2.75, 3.05) is 16.8 Å². The molecule has 252 valence electrons. The number of amides is 3. The molecule has 16 heteroatoms. The maximum absolute atomic E-state index is 14.0. The summed E-state index contributed by atoms with van der Waals surface area (Å²) in [5.41, 5.74) is 1.44. The molecule has 3 heterocycles. The van der Waals surface area contributed by atoms with E-state index >= 15 is 0 Å². The molecular weight excluding hydrogens is 759 g/mol. The normalized spacial score (nSPS) is 26.8. The lowest BCUT2D eigenvalue weighted by atomic mass is 9.68. The summed E-state index contributed by atoms with van der Waals surface area (Å²) in [6.07, 6.45) is 0.679. The fourth-order valence-corrected chi connectivity index (χ4v) is 11.9. The molecule has 3 fully saturated rings. The summed E-state index contributed by atoms with van der Waals surface area (Å²) in [6.45, 7) is -0.367. The summed E-state index contributed by atoms with van der Waals surface area (Å²) >= 11 is 6.24. The van der Waals surface area contributed by atoms with Gasteiger partial charge in [0.15, 0.2) is 6.61 Å². The van der Waals surface area contributed by atoms with Gasteiger partial charge in [-0.15, -0.1) is 11.8 Å². The zero-order valence-corrected chi connectivity index (χ0v) is 29.2. The first-order chi connectivity index (χ1) is 23.4. The Labute approximate surface area is 295 Å². The summed E-state index contributed by atoms with van der Waals surface area (Å²) in [5, 5.41) is 8.49. The van der Waals surface area contributed by atoms with Gasteiger partial charge in [0.05, 0.1) is 27.4 Å². The lowest BCUT2D eigenvalue weighted by Gasteiger charge is -2.43. The van der Waals surface area contributed by atoms with Crippen LogP contribution < -0.4 is 25.0 Å². The van der Waals surface area contributed by atoms with Crippen molar-refractivity contribution in [3.05, 3.63) is 97.1 Å². The molecule has 3 amide bonds. The molecule has 1 saturated heterocycles. The number of ether oxygens (including phenoxy) is 1. The number of primary sulfonamides is 1. The van der Waals surface area contributed by atoms with E-state index in [9.17, 15) is 32.0 Å². The number of halogens is 2. The Bertz CT molecular complexity index is 2210. The van der Waals surface area contributed by atoms with Crippen molar-refractivity contribution in [1.82, 2.24) is 4.98 Å². The minimum atomic E-state index is -3.88. The Kier molecular flexibility index (Phi) is 7.86. The molecule has 2 bridgehead atoms. The molecule has 2 aliphatic heterocycles. The third-order valence-electron chi connectivity index (χ3n) is 9.94. The second-order valence-electron chi connectivity index (χ2n) is 12.5. The number of sulfonamides is 1. The van der Waals surface area contributed by atoms with Gasteiger partial charge in [-0.3, -0.25) is 24.1 Å². The van der Waals surface area contributed by atoms with E-state index < -0.39 is 33.6 Å². The van der Waals surface area contributed by atoms with E-state index in [0.717, 1.165) is 31.3 Å². The number of thiazole rings is 1. The maximum atomic E-state index is 14.0. The van der Waals surface area contributed by atoms with Crippen LogP contribution in [0.15, 0.2) is 85.9 Å². The van der Waals surface area contributed by atoms with Crippen LogP contribution in [0.5, 0.6) is 5.75 Å². The predicted octanol–water partition coefficient (Wildman–Crippen LogP) is 4.68. The van der Waals surface area contributed by atoms with Gasteiger partial charge in [-0.1, -0.05) is 27.3 Å². The van der Waals surface area contributed by atoms with Crippen molar-refractivity contribution >= 4 is 78.1 Å². The molecule has 3 aromatic carbocycles. The largest absolute Gasteiger partial charge is 0.483 e. The average molecular weight is 786 g/mol. The van der Waals surface area contributed by atoms with Crippen molar-refractivity contribution in [1.29, 1.82) is 0 Å². The molecule has 11 nitrogen and oxygen atoms in total. The van der Waals surface area contributed by atoms with E-state index in [-0.39, 0.29) is 57.1 Å². The number of nitrogens with zero attached hydrogens (tertiary/aromatic N) is 1. The van der Waals surface area contributed by atoms with E-state index in [0.29, 0.717) is 23.5 Å². The number of nitrogens with two attached hydrogens (primary N) is 1. The summed E-state index contributed by atoms with van der Waals surface area (Å²) in [6, 6.07) is 16.2. The lowest BCUT2D eigenvalue weighted by Crippen LogP contribution is -2.42. The van der Waals surface area contributed by atoms with Gasteiger partial charge in [0.2, 0.25) is 21.8 Å². The number of hydrogen-bond acceptors (Lipinski definition) is 9. The first-order valence-corrected chi connectivity index (χ1v) is 19.3. The van der Waals surface area contributed by atoms with E-state index in [2.05, 4.69) is 26.2 Å². The fourth-order valence-electron chi connectivity index (χ4n) is 8.17. The molecule has 49 heavy (non-hydrogen) atoms. The first-order valence-electron chi connectivity index (χ1n) is 15.3. The highest BCUT2D eigenvalue weighted by atomic mass is 79.9. The molecule has 0 spiro atoms. The highest BCUT2D eigenvalue weighted by Gasteiger charge is 2.69. The molecule has 2 aliphatic carbocycles. The summed E-state index contributed by atoms with van der Waals surface area (Å²) in [4.78, 5) is 58.2. The van der Waals surface area contributed by atoms with Crippen LogP contribution in [0.3, 0.4) is 0 Å². The molecular formula is C33H26BrFN4O7S3. The Morgan fingerprint density at radius 3 is 2.41 bits per heavy atom. The summed E-state index contributed by atoms with van der Waals surface area (Å²) in [5.74, 6) is -2.92. The molecule has 4 aromatic rings. The van der Waals surface area contributed by atoms with Crippen LogP contribution in [0, 0.1) is 35.4 Å². The predicted molar refractivity (Wildman–Crippen MR) is 183 cm³/mol. The van der Waals surface area contributed by atoms with Gasteiger partial charge < -0.3 is 15.0 Å². The molecule has 0 radical (unpaired) electrons. The zero-order valence-electron chi connectivity index (χ0n) is 25.2. The molecule has 1 aromatic heterocycles. The molecule has 4 unspecified atom stereocenters. The Morgan fingerprint density at radius 1 is 1.02 bits per heavy atom. The topological polar surface area (TPSA) is 169 Å². The number of H-pyrrole nitrogens is 1. The molecule has 4 N–H and O–H groups in total. The quantitative estimate of drug-likeness (QED) is 0.227. The number of aromatic amines is 1. The third kappa shape index (κ3) is 5.44. The van der Waals surface area contributed by atoms with Gasteiger partial charge in [-0.2, -0.15) is 0 Å². The van der Waals surface area contributed by atoms with Gasteiger partial charge in [0.25, 0.3) is 5.91 Å². The Balaban J connectivity index is 1.11. The standard InChI is InChI=1S/C33H26BrFN4O7S3/c34-14-1-10-22(46-13-23(40)37-16-4-8-18(9-5-16)49(36,44)45)19(11-14)24-25-20-12-21(28(25)47-30-29(24)48-33(43)38-30)27-26(20)31(41)39(32(27)42)17-6-2-15(35)3-7-17/h1-11,20-21,24-28H,12-13H2,(H,37,40)(H,38,43)(H2,36,44,45)/t20-,21-,24-,25?,26?,27?,28?/m1/s1. The van der Waals surface area contributed by atoms with E-state index in [4.69, 9.17) is 9.88 Å². The Morgan fingerprint density at radius 2 is 1.71 bits per heavy atom. The monoisotopic (exact) mass is 784 g/mol. The number of fused-ring (bicyclic) bond motifs is 9. The van der Waals surface area contributed by atoms with Gasteiger partial charge in [0, 0.05) is 31.8 Å². The lowest BCUT2D eigenvalue weighted by molar-refractivity contribution is -0.123. The van der Waals surface area contributed by atoms with Crippen molar-refractivity contribution < 1.29 is 31.9 Å². The van der Waals surface area contributed by atoms with E-state index in [1.807, 2.05) is 6.07 Å². The van der Waals surface area contributed by atoms with Crippen LogP contribution in [0.25, 0.3) is 0 Å². The number of hydrogen-bond donors (Lipinski definition) is 3. The van der Waals surface area contributed by atoms with Crippen molar-refractivity contribution in [3.63, 3.8) is 0 Å². The van der Waals surface area contributed by atoms with Crippen LogP contribution in [0.1, 0.15) is 22.8 Å². The molecule has 2 saturated carbocycles. The SMILES string of the molecule is NS(=O)(=O)c1ccc(NC(=O)COc2ccc(Br)cc2[C@H]2c3sc(=O)[nH]c3SC3C2[C@H]2C[C@@H]3C3C(=O)N(c4ccc(F)cc4)C(=O)C32)cc1. The van der Waals surface area contributed by atoms with Crippen LogP contribution >= 0.6 is 39.0 Å². The zero-order chi connectivity index (χ0) is 34.4. The number of rotatable bonds is 7. The van der Waals surface area contributed by atoms with Crippen molar-refractivity contribution in [2.24, 2.45) is 34.7 Å². The van der Waals surface area contributed by atoms with Crippen LogP contribution in [0.4, 0.5) is 15.8 Å². The first kappa shape index (κ1) is 32.4. The van der Waals surface area contributed by atoms with Crippen LogP contribution in [-0.2, 0) is 24.4 Å². The van der Waals surface area contributed by atoms with Gasteiger partial charge >= 0.3 is 4.87 Å². The number of carbonyl (C=O) groups is 3. The third-order valence-corrected chi connectivity index (χ3v) is 14.0. The van der Waals surface area contributed by atoms with Crippen molar-refractivity contribution in [3.8, 4) is 5.75 Å².